The van der Waals surface area contributed by atoms with Crippen molar-refractivity contribution in [3.05, 3.63) is 54.4 Å². The number of nitrogens with one attached hydrogen (secondary N) is 1. The van der Waals surface area contributed by atoms with Crippen molar-refractivity contribution in [2.45, 2.75) is 32.1 Å². The van der Waals surface area contributed by atoms with Crippen molar-refractivity contribution < 1.29 is 14.3 Å². The maximum atomic E-state index is 13.3. The molecule has 6 nitrogen and oxygen atoms in total. The quantitative estimate of drug-likeness (QED) is 0.766. The van der Waals surface area contributed by atoms with Crippen LogP contribution in [0.15, 0.2) is 48.8 Å². The number of hydrogen-bond acceptors (Lipinski definition) is 4. The maximum absolute atomic E-state index is 13.3. The van der Waals surface area contributed by atoms with Crippen LogP contribution in [0.25, 0.3) is 11.1 Å². The van der Waals surface area contributed by atoms with E-state index in [-0.39, 0.29) is 11.8 Å². The normalized spacial score (nSPS) is 18.4. The van der Waals surface area contributed by atoms with Gasteiger partial charge in [-0.3, -0.25) is 14.6 Å². The Kier molecular flexibility index (Phi) is 6.43. The zero-order chi connectivity index (χ0) is 20.8. The van der Waals surface area contributed by atoms with Gasteiger partial charge in [-0.15, -0.1) is 0 Å². The Balaban J connectivity index is 1.50. The van der Waals surface area contributed by atoms with E-state index in [1.807, 2.05) is 29.3 Å². The first-order valence-corrected chi connectivity index (χ1v) is 10.8. The Morgan fingerprint density at radius 2 is 2.00 bits per heavy atom. The van der Waals surface area contributed by atoms with Crippen LogP contribution in [0.1, 0.15) is 31.2 Å². The van der Waals surface area contributed by atoms with Gasteiger partial charge in [0.15, 0.2) is 0 Å². The van der Waals surface area contributed by atoms with Gasteiger partial charge in [0.25, 0.3) is 0 Å². The van der Waals surface area contributed by atoms with Gasteiger partial charge in [0.05, 0.1) is 5.41 Å². The fraction of sp³-hybridized carbons (Fsp3) is 0.458. The van der Waals surface area contributed by atoms with Crippen LogP contribution in [0, 0.1) is 5.41 Å². The van der Waals surface area contributed by atoms with Gasteiger partial charge >= 0.3 is 0 Å². The molecule has 0 radical (unpaired) electrons. The molecule has 158 valence electrons. The molecule has 0 atom stereocenters. The van der Waals surface area contributed by atoms with E-state index >= 15 is 0 Å². The van der Waals surface area contributed by atoms with Crippen molar-refractivity contribution in [3.8, 4) is 11.1 Å². The molecule has 30 heavy (non-hydrogen) atoms. The van der Waals surface area contributed by atoms with Crippen LogP contribution in [0.5, 0.6) is 0 Å². The Labute approximate surface area is 177 Å². The number of amides is 2. The van der Waals surface area contributed by atoms with Crippen LogP contribution in [-0.2, 0) is 20.7 Å². The van der Waals surface area contributed by atoms with Crippen LogP contribution in [0.2, 0.25) is 0 Å². The van der Waals surface area contributed by atoms with Crippen molar-refractivity contribution in [1.29, 1.82) is 0 Å². The van der Waals surface area contributed by atoms with Crippen LogP contribution in [0.4, 0.5) is 0 Å². The lowest BCUT2D eigenvalue weighted by molar-refractivity contribution is -0.137. The molecule has 0 spiro atoms. The maximum Gasteiger partial charge on any atom is 0.226 e. The number of benzene rings is 1. The molecule has 1 aromatic heterocycles. The number of hydrogen-bond donors (Lipinski definition) is 1. The standard InChI is InChI=1S/C24H29N3O3/c28-22-8-4-13-27(22)14-12-26-23(29)24(9-15-30-16-10-24)17-19-5-1-2-7-21(19)20-6-3-11-25-18-20/h1-3,5-7,11,18H,4,8-10,12-17H2,(H,26,29). The number of carbonyl (C=O) groups is 2. The van der Waals surface area contributed by atoms with Crippen molar-refractivity contribution in [2.75, 3.05) is 32.8 Å². The summed E-state index contributed by atoms with van der Waals surface area (Å²) in [6.07, 6.45) is 7.23. The summed E-state index contributed by atoms with van der Waals surface area (Å²) in [7, 11) is 0. The minimum absolute atomic E-state index is 0.0680. The third kappa shape index (κ3) is 4.54. The van der Waals surface area contributed by atoms with E-state index < -0.39 is 5.41 Å². The monoisotopic (exact) mass is 407 g/mol. The molecule has 2 aliphatic rings. The molecular weight excluding hydrogens is 378 g/mol. The molecule has 0 aliphatic carbocycles. The molecule has 1 aromatic carbocycles. The van der Waals surface area contributed by atoms with E-state index in [1.165, 1.54) is 0 Å². The summed E-state index contributed by atoms with van der Waals surface area (Å²) in [6, 6.07) is 12.2. The highest BCUT2D eigenvalue weighted by Gasteiger charge is 2.40. The van der Waals surface area contributed by atoms with Gasteiger partial charge < -0.3 is 15.0 Å². The molecule has 2 aromatic rings. The van der Waals surface area contributed by atoms with E-state index in [0.717, 1.165) is 29.7 Å². The van der Waals surface area contributed by atoms with Gasteiger partial charge in [-0.2, -0.15) is 0 Å². The number of nitrogens with zero attached hydrogens (tertiary/aromatic N) is 2. The Morgan fingerprint density at radius 3 is 2.73 bits per heavy atom. The average Bonchev–Trinajstić information content (AvgIpc) is 3.20. The minimum Gasteiger partial charge on any atom is -0.381 e. The van der Waals surface area contributed by atoms with Gasteiger partial charge in [-0.1, -0.05) is 30.3 Å². The second-order valence-corrected chi connectivity index (χ2v) is 8.21. The highest BCUT2D eigenvalue weighted by molar-refractivity contribution is 5.84. The number of pyridine rings is 1. The fourth-order valence-corrected chi connectivity index (χ4v) is 4.52. The van der Waals surface area contributed by atoms with E-state index in [2.05, 4.69) is 28.5 Å². The van der Waals surface area contributed by atoms with Gasteiger partial charge in [0.2, 0.25) is 11.8 Å². The zero-order valence-corrected chi connectivity index (χ0v) is 17.3. The number of likely N-dealkylation sites (tertiary alicyclic amines) is 1. The molecule has 2 fully saturated rings. The Hall–Kier alpha value is -2.73. The third-order valence-electron chi connectivity index (χ3n) is 6.29. The first-order chi connectivity index (χ1) is 14.7. The first-order valence-electron chi connectivity index (χ1n) is 10.8. The first kappa shape index (κ1) is 20.5. The van der Waals surface area contributed by atoms with Crippen molar-refractivity contribution in [3.63, 3.8) is 0 Å². The Morgan fingerprint density at radius 1 is 1.17 bits per heavy atom. The van der Waals surface area contributed by atoms with Crippen LogP contribution < -0.4 is 5.32 Å². The summed E-state index contributed by atoms with van der Waals surface area (Å²) in [5, 5.41) is 3.12. The van der Waals surface area contributed by atoms with E-state index in [1.54, 1.807) is 6.20 Å². The van der Waals surface area contributed by atoms with E-state index in [0.29, 0.717) is 52.0 Å². The fourth-order valence-electron chi connectivity index (χ4n) is 4.52. The molecular formula is C24H29N3O3. The number of ether oxygens (including phenoxy) is 1. The summed E-state index contributed by atoms with van der Waals surface area (Å²) in [5.41, 5.74) is 2.83. The van der Waals surface area contributed by atoms with Gasteiger partial charge in [0.1, 0.15) is 0 Å². The lowest BCUT2D eigenvalue weighted by Gasteiger charge is -2.36. The predicted molar refractivity (Wildman–Crippen MR) is 115 cm³/mol. The molecule has 6 heteroatoms. The summed E-state index contributed by atoms with van der Waals surface area (Å²) < 4.78 is 5.58. The third-order valence-corrected chi connectivity index (χ3v) is 6.29. The molecule has 2 aliphatic heterocycles. The molecule has 2 saturated heterocycles. The SMILES string of the molecule is O=C1CCCN1CCNC(=O)C1(Cc2ccccc2-c2cccnc2)CCOCC1. The second-order valence-electron chi connectivity index (χ2n) is 8.21. The largest absolute Gasteiger partial charge is 0.381 e. The van der Waals surface area contributed by atoms with Crippen molar-refractivity contribution >= 4 is 11.8 Å². The summed E-state index contributed by atoms with van der Waals surface area (Å²) >= 11 is 0. The topological polar surface area (TPSA) is 71.5 Å². The van der Waals surface area contributed by atoms with E-state index in [9.17, 15) is 9.59 Å². The van der Waals surface area contributed by atoms with Crippen LogP contribution in [0.3, 0.4) is 0 Å². The highest BCUT2D eigenvalue weighted by atomic mass is 16.5. The average molecular weight is 408 g/mol. The molecule has 2 amide bonds. The molecule has 0 saturated carbocycles. The lowest BCUT2D eigenvalue weighted by atomic mass is 9.73. The number of carbonyl (C=O) groups excluding carboxylic acids is 2. The molecule has 1 N–H and O–H groups in total. The minimum atomic E-state index is -0.494. The Bertz CT molecular complexity index is 878. The van der Waals surface area contributed by atoms with Gasteiger partial charge in [-0.05, 0) is 42.9 Å². The molecule has 0 bridgehead atoms. The van der Waals surface area contributed by atoms with Gasteiger partial charge in [0, 0.05) is 57.2 Å². The smallest absolute Gasteiger partial charge is 0.226 e. The van der Waals surface area contributed by atoms with Gasteiger partial charge in [-0.25, -0.2) is 0 Å². The van der Waals surface area contributed by atoms with Crippen molar-refractivity contribution in [2.24, 2.45) is 5.41 Å². The summed E-state index contributed by atoms with van der Waals surface area (Å²) in [5.74, 6) is 0.258. The van der Waals surface area contributed by atoms with E-state index in [4.69, 9.17) is 4.74 Å². The number of aromatic nitrogens is 1. The summed E-state index contributed by atoms with van der Waals surface area (Å²) in [4.78, 5) is 31.3. The molecule has 4 rings (SSSR count). The molecule has 3 heterocycles. The summed E-state index contributed by atoms with van der Waals surface area (Å²) in [6.45, 7) is 3.06. The second kappa shape index (κ2) is 9.39. The number of rotatable bonds is 7. The predicted octanol–water partition coefficient (Wildman–Crippen LogP) is 2.83. The van der Waals surface area contributed by atoms with Crippen LogP contribution >= 0.6 is 0 Å². The van der Waals surface area contributed by atoms with Crippen LogP contribution in [-0.4, -0.2) is 54.5 Å². The lowest BCUT2D eigenvalue weighted by Crippen LogP contribution is -2.48. The highest BCUT2D eigenvalue weighted by Crippen LogP contribution is 2.37. The van der Waals surface area contributed by atoms with Crippen molar-refractivity contribution in [1.82, 2.24) is 15.2 Å². The zero-order valence-electron chi connectivity index (χ0n) is 17.3. The molecule has 0 unspecified atom stereocenters.